The lowest BCUT2D eigenvalue weighted by molar-refractivity contribution is -0.122. The van der Waals surface area contributed by atoms with Crippen molar-refractivity contribution in [3.63, 3.8) is 0 Å². The molecule has 1 amide bonds. The topological polar surface area (TPSA) is 85.2 Å². The molecule has 0 saturated carbocycles. The van der Waals surface area contributed by atoms with Crippen LogP contribution in [0.2, 0.25) is 0 Å². The number of amides is 1. The van der Waals surface area contributed by atoms with Gasteiger partial charge in [0.2, 0.25) is 5.91 Å². The summed E-state index contributed by atoms with van der Waals surface area (Å²) in [6, 6.07) is 3.89. The third-order valence-corrected chi connectivity index (χ3v) is 3.43. The first-order valence-corrected chi connectivity index (χ1v) is 6.33. The Bertz CT molecular complexity index is 416. The minimum Gasteiger partial charge on any atom is -0.369 e. The van der Waals surface area contributed by atoms with Crippen LogP contribution in [0.25, 0.3) is 0 Å². The zero-order chi connectivity index (χ0) is 13.1. The summed E-state index contributed by atoms with van der Waals surface area (Å²) >= 11 is 0. The van der Waals surface area contributed by atoms with Gasteiger partial charge < -0.3 is 16.4 Å². The number of anilines is 1. The number of carbonyl (C=O) groups excluding carboxylic acids is 1. The van der Waals surface area contributed by atoms with Crippen LogP contribution in [0.15, 0.2) is 18.3 Å². The molecule has 2 atom stereocenters. The molecule has 4 N–H and O–H groups in total. The molecular formula is C13H20N4O. The van der Waals surface area contributed by atoms with E-state index in [0.717, 1.165) is 30.8 Å². The summed E-state index contributed by atoms with van der Waals surface area (Å²) in [6.07, 6.45) is 3.70. The molecule has 1 aromatic heterocycles. The number of nitrogens with two attached hydrogens (primary N) is 2. The fraction of sp³-hybridized carbons (Fsp3) is 0.538. The molecule has 1 unspecified atom stereocenters. The Morgan fingerprint density at radius 3 is 2.89 bits per heavy atom. The van der Waals surface area contributed by atoms with E-state index < -0.39 is 0 Å². The van der Waals surface area contributed by atoms with E-state index in [1.54, 1.807) is 0 Å². The maximum Gasteiger partial charge on any atom is 0.222 e. The number of pyridine rings is 1. The van der Waals surface area contributed by atoms with Crippen molar-refractivity contribution in [1.29, 1.82) is 0 Å². The first-order chi connectivity index (χ1) is 8.58. The summed E-state index contributed by atoms with van der Waals surface area (Å²) < 4.78 is 0. The fourth-order valence-electron chi connectivity index (χ4n) is 2.30. The zero-order valence-corrected chi connectivity index (χ0v) is 10.7. The van der Waals surface area contributed by atoms with E-state index in [0.29, 0.717) is 6.54 Å². The maximum absolute atomic E-state index is 11.2. The lowest BCUT2D eigenvalue weighted by Crippen LogP contribution is -2.41. The summed E-state index contributed by atoms with van der Waals surface area (Å²) in [7, 11) is 0. The number of carbonyl (C=O) groups is 1. The Hall–Kier alpha value is -1.62. The molecule has 0 aliphatic carbocycles. The Kier molecular flexibility index (Phi) is 3.81. The van der Waals surface area contributed by atoms with Crippen molar-refractivity contribution < 1.29 is 4.79 Å². The molecule has 1 fully saturated rings. The molecule has 1 saturated heterocycles. The van der Waals surface area contributed by atoms with Gasteiger partial charge in [-0.2, -0.15) is 0 Å². The molecule has 1 aliphatic rings. The molecule has 2 heterocycles. The Morgan fingerprint density at radius 1 is 1.56 bits per heavy atom. The molecule has 1 aliphatic heterocycles. The van der Waals surface area contributed by atoms with Gasteiger partial charge in [-0.1, -0.05) is 0 Å². The molecule has 2 rings (SSSR count). The summed E-state index contributed by atoms with van der Waals surface area (Å²) in [5.74, 6) is -0.258. The first-order valence-electron chi connectivity index (χ1n) is 6.33. The van der Waals surface area contributed by atoms with Crippen molar-refractivity contribution in [2.75, 3.05) is 18.0 Å². The van der Waals surface area contributed by atoms with Gasteiger partial charge >= 0.3 is 0 Å². The number of rotatable bonds is 3. The molecule has 0 aromatic carbocycles. The van der Waals surface area contributed by atoms with Crippen LogP contribution in [0.4, 0.5) is 5.69 Å². The van der Waals surface area contributed by atoms with Crippen LogP contribution in [0, 0.1) is 5.92 Å². The molecule has 0 bridgehead atoms. The maximum atomic E-state index is 11.2. The summed E-state index contributed by atoms with van der Waals surface area (Å²) in [4.78, 5) is 17.7. The fourth-order valence-corrected chi connectivity index (χ4v) is 2.30. The van der Waals surface area contributed by atoms with Crippen LogP contribution in [-0.4, -0.2) is 24.0 Å². The standard InChI is InChI=1S/C13H20N4O/c1-9(14)12-5-4-11(7-16-12)17-6-2-3-10(8-17)13(15)18/h4-5,7,9-10H,2-3,6,8,14H2,1H3,(H2,15,18)/t9-,10?/m1/s1. The van der Waals surface area contributed by atoms with Crippen molar-refractivity contribution in [1.82, 2.24) is 4.98 Å². The minimum atomic E-state index is -0.208. The second-order valence-electron chi connectivity index (χ2n) is 4.92. The van der Waals surface area contributed by atoms with Gasteiger partial charge in [0.1, 0.15) is 0 Å². The molecule has 5 nitrogen and oxygen atoms in total. The Labute approximate surface area is 107 Å². The van der Waals surface area contributed by atoms with Gasteiger partial charge in [-0.05, 0) is 31.9 Å². The van der Waals surface area contributed by atoms with Crippen LogP contribution in [0.1, 0.15) is 31.5 Å². The largest absolute Gasteiger partial charge is 0.369 e. The van der Waals surface area contributed by atoms with Crippen molar-refractivity contribution in [2.24, 2.45) is 17.4 Å². The van der Waals surface area contributed by atoms with E-state index in [1.807, 2.05) is 25.3 Å². The van der Waals surface area contributed by atoms with Crippen molar-refractivity contribution in [3.8, 4) is 0 Å². The van der Waals surface area contributed by atoms with Crippen molar-refractivity contribution in [3.05, 3.63) is 24.0 Å². The van der Waals surface area contributed by atoms with Crippen LogP contribution in [0.3, 0.4) is 0 Å². The third kappa shape index (κ3) is 2.79. The predicted octanol–water partition coefficient (Wildman–Crippen LogP) is 0.803. The van der Waals surface area contributed by atoms with Crippen LogP contribution in [-0.2, 0) is 4.79 Å². The van der Waals surface area contributed by atoms with Gasteiger partial charge in [-0.3, -0.25) is 9.78 Å². The monoisotopic (exact) mass is 248 g/mol. The van der Waals surface area contributed by atoms with E-state index in [4.69, 9.17) is 11.5 Å². The average molecular weight is 248 g/mol. The van der Waals surface area contributed by atoms with Gasteiger partial charge in [-0.25, -0.2) is 0 Å². The highest BCUT2D eigenvalue weighted by atomic mass is 16.1. The van der Waals surface area contributed by atoms with Crippen LogP contribution < -0.4 is 16.4 Å². The van der Waals surface area contributed by atoms with Crippen LogP contribution in [0.5, 0.6) is 0 Å². The smallest absolute Gasteiger partial charge is 0.222 e. The highest BCUT2D eigenvalue weighted by Gasteiger charge is 2.24. The number of nitrogens with zero attached hydrogens (tertiary/aromatic N) is 2. The molecule has 1 aromatic rings. The van der Waals surface area contributed by atoms with Gasteiger partial charge in [0.05, 0.1) is 23.5 Å². The van der Waals surface area contributed by atoms with E-state index in [1.165, 1.54) is 0 Å². The quantitative estimate of drug-likeness (QED) is 0.828. The van der Waals surface area contributed by atoms with E-state index in [-0.39, 0.29) is 17.9 Å². The molecule has 18 heavy (non-hydrogen) atoms. The molecular weight excluding hydrogens is 228 g/mol. The van der Waals surface area contributed by atoms with Gasteiger partial charge in [-0.15, -0.1) is 0 Å². The number of hydrogen-bond acceptors (Lipinski definition) is 4. The Balaban J connectivity index is 2.09. The van der Waals surface area contributed by atoms with Crippen molar-refractivity contribution in [2.45, 2.75) is 25.8 Å². The molecule has 98 valence electrons. The second-order valence-corrected chi connectivity index (χ2v) is 4.92. The number of hydrogen-bond donors (Lipinski definition) is 2. The Morgan fingerprint density at radius 2 is 2.33 bits per heavy atom. The average Bonchev–Trinajstić information content (AvgIpc) is 2.39. The van der Waals surface area contributed by atoms with Crippen molar-refractivity contribution >= 4 is 11.6 Å². The van der Waals surface area contributed by atoms with Gasteiger partial charge in [0.15, 0.2) is 0 Å². The zero-order valence-electron chi connectivity index (χ0n) is 10.7. The molecule has 5 heteroatoms. The summed E-state index contributed by atoms with van der Waals surface area (Å²) in [6.45, 7) is 3.55. The van der Waals surface area contributed by atoms with Gasteiger partial charge in [0.25, 0.3) is 0 Å². The first kappa shape index (κ1) is 12.8. The summed E-state index contributed by atoms with van der Waals surface area (Å²) in [5.41, 5.74) is 13.1. The highest BCUT2D eigenvalue weighted by molar-refractivity contribution is 5.77. The van der Waals surface area contributed by atoms with E-state index in [9.17, 15) is 4.79 Å². The number of piperidine rings is 1. The van der Waals surface area contributed by atoms with E-state index in [2.05, 4.69) is 9.88 Å². The third-order valence-electron chi connectivity index (χ3n) is 3.43. The minimum absolute atomic E-state index is 0.0492. The molecule has 0 spiro atoms. The predicted molar refractivity (Wildman–Crippen MR) is 71.0 cm³/mol. The lowest BCUT2D eigenvalue weighted by atomic mass is 9.97. The van der Waals surface area contributed by atoms with E-state index >= 15 is 0 Å². The second kappa shape index (κ2) is 5.35. The number of primary amides is 1. The number of aromatic nitrogens is 1. The lowest BCUT2D eigenvalue weighted by Gasteiger charge is -2.32. The highest BCUT2D eigenvalue weighted by Crippen LogP contribution is 2.23. The molecule has 0 radical (unpaired) electrons. The normalized spacial score (nSPS) is 21.7. The SMILES string of the molecule is C[C@@H](N)c1ccc(N2CCCC(C(N)=O)C2)cn1. The summed E-state index contributed by atoms with van der Waals surface area (Å²) in [5, 5.41) is 0. The van der Waals surface area contributed by atoms with Crippen LogP contribution >= 0.6 is 0 Å². The van der Waals surface area contributed by atoms with Gasteiger partial charge in [0, 0.05) is 19.1 Å².